The van der Waals surface area contributed by atoms with Gasteiger partial charge in [-0.15, -0.1) is 0 Å². The van der Waals surface area contributed by atoms with Gasteiger partial charge in [0, 0.05) is 12.2 Å². The molecule has 1 aromatic rings. The van der Waals surface area contributed by atoms with Crippen LogP contribution >= 0.6 is 0 Å². The molecule has 0 atom stereocenters. The number of nitrogens with one attached hydrogen (secondary N) is 1. The van der Waals surface area contributed by atoms with Crippen LogP contribution in [0.2, 0.25) is 0 Å². The lowest BCUT2D eigenvalue weighted by molar-refractivity contribution is -0.117. The molecule has 1 aromatic carbocycles. The smallest absolute Gasteiger partial charge is 0.221 e. The van der Waals surface area contributed by atoms with E-state index in [1.54, 1.807) is 0 Å². The third kappa shape index (κ3) is 4.82. The number of hydrogen-bond donors (Lipinski definition) is 2. The molecule has 3 N–H and O–H groups in total. The van der Waals surface area contributed by atoms with Crippen LogP contribution in [0.25, 0.3) is 0 Å². The van der Waals surface area contributed by atoms with Crippen LogP contribution in [0, 0.1) is 5.92 Å². The average molecular weight is 220 g/mol. The fraction of sp³-hybridized carbons (Fsp3) is 0.462. The van der Waals surface area contributed by atoms with E-state index in [2.05, 4.69) is 19.2 Å². The summed E-state index contributed by atoms with van der Waals surface area (Å²) in [4.78, 5) is 10.7. The minimum absolute atomic E-state index is 0.291. The first kappa shape index (κ1) is 12.6. The Balaban J connectivity index is 2.42. The largest absolute Gasteiger partial charge is 0.385 e. The lowest BCUT2D eigenvalue weighted by Gasteiger charge is -2.08. The van der Waals surface area contributed by atoms with Gasteiger partial charge in [0.25, 0.3) is 0 Å². The maximum Gasteiger partial charge on any atom is 0.221 e. The summed E-state index contributed by atoms with van der Waals surface area (Å²) in [7, 11) is 0. The predicted molar refractivity (Wildman–Crippen MR) is 67.3 cm³/mol. The molecular formula is C13H20N2O. The lowest BCUT2D eigenvalue weighted by Crippen LogP contribution is -2.13. The van der Waals surface area contributed by atoms with Gasteiger partial charge in [0.15, 0.2) is 0 Å². The third-order valence-corrected chi connectivity index (χ3v) is 2.38. The number of benzene rings is 1. The molecule has 16 heavy (non-hydrogen) atoms. The highest BCUT2D eigenvalue weighted by Crippen LogP contribution is 2.10. The van der Waals surface area contributed by atoms with Gasteiger partial charge in [0.1, 0.15) is 0 Å². The first-order valence-corrected chi connectivity index (χ1v) is 5.69. The van der Waals surface area contributed by atoms with Crippen LogP contribution in [0.3, 0.4) is 0 Å². The molecule has 88 valence electrons. The highest BCUT2D eigenvalue weighted by Gasteiger charge is 1.99. The third-order valence-electron chi connectivity index (χ3n) is 2.38. The van der Waals surface area contributed by atoms with Crippen LogP contribution in [-0.2, 0) is 11.2 Å². The minimum Gasteiger partial charge on any atom is -0.385 e. The van der Waals surface area contributed by atoms with Gasteiger partial charge < -0.3 is 11.1 Å². The van der Waals surface area contributed by atoms with E-state index in [1.807, 2.05) is 24.3 Å². The zero-order chi connectivity index (χ0) is 12.0. The van der Waals surface area contributed by atoms with E-state index >= 15 is 0 Å². The molecule has 0 saturated heterocycles. The van der Waals surface area contributed by atoms with Gasteiger partial charge in [0.2, 0.25) is 5.91 Å². The van der Waals surface area contributed by atoms with E-state index in [4.69, 9.17) is 5.73 Å². The SMILES string of the molecule is CC(C)CCNc1ccc(CC(N)=O)cc1. The van der Waals surface area contributed by atoms with Gasteiger partial charge in [-0.2, -0.15) is 0 Å². The number of carbonyl (C=O) groups is 1. The molecule has 0 aliphatic carbocycles. The second-order valence-corrected chi connectivity index (χ2v) is 4.45. The van der Waals surface area contributed by atoms with E-state index < -0.39 is 0 Å². The van der Waals surface area contributed by atoms with Gasteiger partial charge in [-0.3, -0.25) is 4.79 Å². The molecule has 0 bridgehead atoms. The summed E-state index contributed by atoms with van der Waals surface area (Å²) in [6.45, 7) is 5.39. The van der Waals surface area contributed by atoms with Gasteiger partial charge in [0.05, 0.1) is 6.42 Å². The Morgan fingerprint density at radius 2 is 1.94 bits per heavy atom. The summed E-state index contributed by atoms with van der Waals surface area (Å²) in [6, 6.07) is 7.84. The van der Waals surface area contributed by atoms with Crippen LogP contribution in [0.4, 0.5) is 5.69 Å². The number of anilines is 1. The summed E-state index contributed by atoms with van der Waals surface area (Å²) >= 11 is 0. The molecule has 0 aliphatic rings. The summed E-state index contributed by atoms with van der Waals surface area (Å²) in [5, 5.41) is 3.34. The van der Waals surface area contributed by atoms with Gasteiger partial charge in [-0.1, -0.05) is 26.0 Å². The first-order chi connectivity index (χ1) is 7.58. The van der Waals surface area contributed by atoms with E-state index in [9.17, 15) is 4.79 Å². The number of amides is 1. The van der Waals surface area contributed by atoms with Crippen LogP contribution in [0.5, 0.6) is 0 Å². The van der Waals surface area contributed by atoms with E-state index in [0.717, 1.165) is 24.2 Å². The molecule has 0 radical (unpaired) electrons. The van der Waals surface area contributed by atoms with Crippen molar-refractivity contribution in [1.82, 2.24) is 0 Å². The number of carbonyl (C=O) groups excluding carboxylic acids is 1. The molecule has 3 nitrogen and oxygen atoms in total. The van der Waals surface area contributed by atoms with Gasteiger partial charge in [-0.25, -0.2) is 0 Å². The Morgan fingerprint density at radius 3 is 2.44 bits per heavy atom. The van der Waals surface area contributed by atoms with Crippen molar-refractivity contribution in [3.8, 4) is 0 Å². The van der Waals surface area contributed by atoms with E-state index in [1.165, 1.54) is 0 Å². The molecule has 0 aliphatic heterocycles. The number of primary amides is 1. The van der Waals surface area contributed by atoms with Crippen molar-refractivity contribution in [1.29, 1.82) is 0 Å². The maximum atomic E-state index is 10.7. The van der Waals surface area contributed by atoms with Crippen molar-refractivity contribution in [2.45, 2.75) is 26.7 Å². The van der Waals surface area contributed by atoms with E-state index in [0.29, 0.717) is 12.3 Å². The second-order valence-electron chi connectivity index (χ2n) is 4.45. The highest BCUT2D eigenvalue weighted by molar-refractivity contribution is 5.76. The van der Waals surface area contributed by atoms with Crippen molar-refractivity contribution < 1.29 is 4.79 Å². The van der Waals surface area contributed by atoms with Crippen molar-refractivity contribution >= 4 is 11.6 Å². The van der Waals surface area contributed by atoms with E-state index in [-0.39, 0.29) is 5.91 Å². The van der Waals surface area contributed by atoms with Crippen LogP contribution in [-0.4, -0.2) is 12.5 Å². The van der Waals surface area contributed by atoms with Crippen LogP contribution < -0.4 is 11.1 Å². The molecule has 0 fully saturated rings. The highest BCUT2D eigenvalue weighted by atomic mass is 16.1. The first-order valence-electron chi connectivity index (χ1n) is 5.69. The molecule has 3 heteroatoms. The Kier molecular flexibility index (Phi) is 4.83. The van der Waals surface area contributed by atoms with Crippen molar-refractivity contribution in [2.75, 3.05) is 11.9 Å². The molecular weight excluding hydrogens is 200 g/mol. The van der Waals surface area contributed by atoms with Crippen LogP contribution in [0.1, 0.15) is 25.8 Å². The monoisotopic (exact) mass is 220 g/mol. The molecule has 0 saturated carbocycles. The molecule has 0 aromatic heterocycles. The van der Waals surface area contributed by atoms with Crippen molar-refractivity contribution in [2.24, 2.45) is 11.7 Å². The van der Waals surface area contributed by atoms with Gasteiger partial charge in [-0.05, 0) is 30.0 Å². The number of hydrogen-bond acceptors (Lipinski definition) is 2. The normalized spacial score (nSPS) is 10.4. The summed E-state index contributed by atoms with van der Waals surface area (Å²) in [5.74, 6) is 0.419. The zero-order valence-corrected chi connectivity index (χ0v) is 9.99. The molecule has 0 heterocycles. The Morgan fingerprint density at radius 1 is 1.31 bits per heavy atom. The summed E-state index contributed by atoms with van der Waals surface area (Å²) in [5.41, 5.74) is 7.17. The van der Waals surface area contributed by atoms with Crippen molar-refractivity contribution in [3.05, 3.63) is 29.8 Å². The maximum absolute atomic E-state index is 10.7. The second kappa shape index (κ2) is 6.16. The molecule has 1 rings (SSSR count). The summed E-state index contributed by atoms with van der Waals surface area (Å²) < 4.78 is 0. The Bertz CT molecular complexity index is 330. The molecule has 1 amide bonds. The molecule has 0 unspecified atom stereocenters. The quantitative estimate of drug-likeness (QED) is 0.772. The predicted octanol–water partition coefficient (Wildman–Crippen LogP) is 2.17. The standard InChI is InChI=1S/C13H20N2O/c1-10(2)7-8-15-12-5-3-11(4-6-12)9-13(14)16/h3-6,10,15H,7-9H2,1-2H3,(H2,14,16). The lowest BCUT2D eigenvalue weighted by atomic mass is 10.1. The number of nitrogens with two attached hydrogens (primary N) is 1. The fourth-order valence-corrected chi connectivity index (χ4v) is 1.45. The van der Waals surface area contributed by atoms with Crippen molar-refractivity contribution in [3.63, 3.8) is 0 Å². The number of rotatable bonds is 6. The minimum atomic E-state index is -0.291. The topological polar surface area (TPSA) is 55.1 Å². The van der Waals surface area contributed by atoms with Crippen LogP contribution in [0.15, 0.2) is 24.3 Å². The Hall–Kier alpha value is -1.51. The zero-order valence-electron chi connectivity index (χ0n) is 9.99. The fourth-order valence-electron chi connectivity index (χ4n) is 1.45. The van der Waals surface area contributed by atoms with Gasteiger partial charge >= 0.3 is 0 Å². The molecule has 0 spiro atoms. The average Bonchev–Trinajstić information content (AvgIpc) is 2.19. The Labute approximate surface area is 97.0 Å². The summed E-state index contributed by atoms with van der Waals surface area (Å²) in [6.07, 6.45) is 1.47.